The number of carbonyl (C=O) groups is 1. The van der Waals surface area contributed by atoms with Gasteiger partial charge in [0.25, 0.3) is 0 Å². The number of halogens is 2. The van der Waals surface area contributed by atoms with E-state index in [0.717, 1.165) is 5.56 Å². The summed E-state index contributed by atoms with van der Waals surface area (Å²) in [5, 5.41) is 3.03. The Morgan fingerprint density at radius 2 is 1.75 bits per heavy atom. The summed E-state index contributed by atoms with van der Waals surface area (Å²) >= 11 is 9.43. The molecular formula is C23H22BrClN2O4S. The molecule has 0 aliphatic carbocycles. The zero-order valence-corrected chi connectivity index (χ0v) is 20.4. The Labute approximate surface area is 201 Å². The number of hydrogen-bond acceptors (Lipinski definition) is 4. The Kier molecular flexibility index (Phi) is 8.31. The maximum atomic E-state index is 13.3. The smallest absolute Gasteiger partial charge is 0.245 e. The number of carbonyl (C=O) groups excluding carboxylic acids is 1. The number of para-hydroxylation sites is 1. The van der Waals surface area contributed by atoms with E-state index in [-0.39, 0.29) is 28.7 Å². The third kappa shape index (κ3) is 6.32. The van der Waals surface area contributed by atoms with Crippen molar-refractivity contribution in [3.63, 3.8) is 0 Å². The van der Waals surface area contributed by atoms with Crippen LogP contribution in [0.3, 0.4) is 0 Å². The first kappa shape index (κ1) is 24.3. The van der Waals surface area contributed by atoms with Crippen LogP contribution in [0.1, 0.15) is 12.5 Å². The first-order valence-electron chi connectivity index (χ1n) is 9.84. The van der Waals surface area contributed by atoms with Gasteiger partial charge in [0, 0.05) is 9.50 Å². The Morgan fingerprint density at radius 1 is 1.06 bits per heavy atom. The average molecular weight is 538 g/mol. The van der Waals surface area contributed by atoms with E-state index in [4.69, 9.17) is 16.3 Å². The van der Waals surface area contributed by atoms with Crippen molar-refractivity contribution in [1.82, 2.24) is 4.72 Å². The quantitative estimate of drug-likeness (QED) is 0.401. The molecular weight excluding hydrogens is 516 g/mol. The number of ether oxygens (including phenoxy) is 1. The van der Waals surface area contributed by atoms with Crippen LogP contribution in [0, 0.1) is 0 Å². The molecule has 3 aromatic rings. The number of benzene rings is 3. The fourth-order valence-corrected chi connectivity index (χ4v) is 5.02. The van der Waals surface area contributed by atoms with Gasteiger partial charge in [-0.2, -0.15) is 4.72 Å². The lowest BCUT2D eigenvalue weighted by molar-refractivity contribution is -0.117. The molecule has 1 unspecified atom stereocenters. The Balaban J connectivity index is 1.94. The minimum absolute atomic E-state index is 0.126. The molecule has 0 saturated heterocycles. The summed E-state index contributed by atoms with van der Waals surface area (Å²) in [7, 11) is -4.13. The first-order valence-corrected chi connectivity index (χ1v) is 12.5. The number of sulfonamides is 1. The van der Waals surface area contributed by atoms with Gasteiger partial charge in [0.05, 0.1) is 12.3 Å². The lowest BCUT2D eigenvalue weighted by Gasteiger charge is -2.20. The lowest BCUT2D eigenvalue weighted by Crippen LogP contribution is -2.45. The van der Waals surface area contributed by atoms with E-state index in [9.17, 15) is 13.2 Å². The van der Waals surface area contributed by atoms with Gasteiger partial charge in [-0.05, 0) is 65.2 Å². The molecule has 1 amide bonds. The van der Waals surface area contributed by atoms with Gasteiger partial charge < -0.3 is 10.1 Å². The molecule has 2 N–H and O–H groups in total. The van der Waals surface area contributed by atoms with Crippen molar-refractivity contribution < 1.29 is 17.9 Å². The normalized spacial score (nSPS) is 12.2. The molecule has 3 rings (SSSR count). The molecule has 0 aliphatic heterocycles. The van der Waals surface area contributed by atoms with Crippen LogP contribution in [0.5, 0.6) is 5.75 Å². The number of nitrogens with one attached hydrogen (secondary N) is 2. The van der Waals surface area contributed by atoms with Crippen molar-refractivity contribution in [1.29, 1.82) is 0 Å². The molecule has 0 saturated carbocycles. The van der Waals surface area contributed by atoms with Gasteiger partial charge in [-0.25, -0.2) is 8.42 Å². The predicted octanol–water partition coefficient (Wildman–Crippen LogP) is 5.03. The van der Waals surface area contributed by atoms with Crippen molar-refractivity contribution in [3.8, 4) is 5.75 Å². The molecule has 0 spiro atoms. The molecule has 3 aromatic carbocycles. The van der Waals surface area contributed by atoms with E-state index >= 15 is 0 Å². The zero-order valence-electron chi connectivity index (χ0n) is 17.2. The highest BCUT2D eigenvalue weighted by molar-refractivity contribution is 9.10. The molecule has 32 heavy (non-hydrogen) atoms. The molecule has 0 aliphatic rings. The summed E-state index contributed by atoms with van der Waals surface area (Å²) in [5.74, 6) is -0.335. The Hall–Kier alpha value is -2.39. The summed E-state index contributed by atoms with van der Waals surface area (Å²) in [6, 6.07) is 19.5. The fraction of sp³-hybridized carbons (Fsp3) is 0.174. The number of anilines is 1. The third-order valence-electron chi connectivity index (χ3n) is 4.52. The summed E-state index contributed by atoms with van der Waals surface area (Å²) in [6.07, 6.45) is 0.154. The fourth-order valence-electron chi connectivity index (χ4n) is 3.04. The third-order valence-corrected chi connectivity index (χ3v) is 6.94. The maximum Gasteiger partial charge on any atom is 0.245 e. The summed E-state index contributed by atoms with van der Waals surface area (Å²) in [6.45, 7) is 2.03. The van der Waals surface area contributed by atoms with Crippen molar-refractivity contribution in [2.24, 2.45) is 0 Å². The highest BCUT2D eigenvalue weighted by Gasteiger charge is 2.29. The van der Waals surface area contributed by atoms with Gasteiger partial charge in [-0.15, -0.1) is 0 Å². The zero-order chi connectivity index (χ0) is 23.1. The van der Waals surface area contributed by atoms with Crippen LogP contribution in [-0.2, 0) is 21.2 Å². The standard InChI is InChI=1S/C23H22BrClN2O4S/c1-2-31-21-13-12-17(25)15-22(21)32(29,30)27-20(14-16-8-4-3-5-9-16)23(28)26-19-11-7-6-10-18(19)24/h3-13,15,20,27H,2,14H2,1H3,(H,26,28). The topological polar surface area (TPSA) is 84.5 Å². The number of rotatable bonds is 9. The van der Waals surface area contributed by atoms with Gasteiger partial charge >= 0.3 is 0 Å². The van der Waals surface area contributed by atoms with Crippen LogP contribution in [-0.4, -0.2) is 27.0 Å². The Morgan fingerprint density at radius 3 is 2.44 bits per heavy atom. The monoisotopic (exact) mass is 536 g/mol. The molecule has 168 valence electrons. The van der Waals surface area contributed by atoms with Gasteiger partial charge in [0.1, 0.15) is 16.7 Å². The van der Waals surface area contributed by atoms with Gasteiger partial charge in [-0.1, -0.05) is 54.1 Å². The molecule has 0 heterocycles. The van der Waals surface area contributed by atoms with Gasteiger partial charge in [0.15, 0.2) is 0 Å². The highest BCUT2D eigenvalue weighted by Crippen LogP contribution is 2.28. The SMILES string of the molecule is CCOc1ccc(Cl)cc1S(=O)(=O)NC(Cc1ccccc1)C(=O)Nc1ccccc1Br. The van der Waals surface area contributed by atoms with Crippen LogP contribution < -0.4 is 14.8 Å². The van der Waals surface area contributed by atoms with E-state index in [1.165, 1.54) is 12.1 Å². The van der Waals surface area contributed by atoms with Crippen LogP contribution >= 0.6 is 27.5 Å². The second-order valence-corrected chi connectivity index (χ2v) is 9.83. The van der Waals surface area contributed by atoms with Crippen molar-refractivity contribution in [3.05, 3.63) is 87.9 Å². The van der Waals surface area contributed by atoms with E-state index in [1.54, 1.807) is 31.2 Å². The lowest BCUT2D eigenvalue weighted by atomic mass is 10.1. The summed E-state index contributed by atoms with van der Waals surface area (Å²) in [5.41, 5.74) is 1.34. The second kappa shape index (κ2) is 11.0. The highest BCUT2D eigenvalue weighted by atomic mass is 79.9. The molecule has 0 aromatic heterocycles. The minimum atomic E-state index is -4.13. The molecule has 0 bridgehead atoms. The predicted molar refractivity (Wildman–Crippen MR) is 130 cm³/mol. The van der Waals surface area contributed by atoms with Gasteiger partial charge in [-0.3, -0.25) is 4.79 Å². The van der Waals surface area contributed by atoms with E-state index in [2.05, 4.69) is 26.0 Å². The molecule has 0 fully saturated rings. The van der Waals surface area contributed by atoms with Crippen molar-refractivity contribution in [2.75, 3.05) is 11.9 Å². The Bertz CT molecular complexity index is 1190. The van der Waals surface area contributed by atoms with E-state index < -0.39 is 22.0 Å². The van der Waals surface area contributed by atoms with Crippen molar-refractivity contribution >= 4 is 49.1 Å². The maximum absolute atomic E-state index is 13.3. The second-order valence-electron chi connectivity index (χ2n) is 6.86. The van der Waals surface area contributed by atoms with E-state index in [0.29, 0.717) is 10.2 Å². The summed E-state index contributed by atoms with van der Waals surface area (Å²) in [4.78, 5) is 13.0. The van der Waals surface area contributed by atoms with Crippen LogP contribution in [0.15, 0.2) is 82.2 Å². The summed E-state index contributed by atoms with van der Waals surface area (Å²) < 4.78 is 35.2. The first-order chi connectivity index (χ1) is 15.3. The molecule has 0 radical (unpaired) electrons. The van der Waals surface area contributed by atoms with Crippen LogP contribution in [0.4, 0.5) is 5.69 Å². The van der Waals surface area contributed by atoms with Crippen LogP contribution in [0.2, 0.25) is 5.02 Å². The van der Waals surface area contributed by atoms with Gasteiger partial charge in [0.2, 0.25) is 15.9 Å². The average Bonchev–Trinajstić information content (AvgIpc) is 2.77. The minimum Gasteiger partial charge on any atom is -0.492 e. The van der Waals surface area contributed by atoms with Crippen molar-refractivity contribution in [2.45, 2.75) is 24.3 Å². The molecule has 6 nitrogen and oxygen atoms in total. The molecule has 9 heteroatoms. The number of amides is 1. The molecule has 1 atom stereocenters. The number of hydrogen-bond donors (Lipinski definition) is 2. The van der Waals surface area contributed by atoms with Crippen LogP contribution in [0.25, 0.3) is 0 Å². The largest absolute Gasteiger partial charge is 0.492 e. The van der Waals surface area contributed by atoms with E-state index in [1.807, 2.05) is 36.4 Å².